The second kappa shape index (κ2) is 4.94. The molecule has 0 heterocycles. The molecule has 104 valence electrons. The van der Waals surface area contributed by atoms with Crippen LogP contribution in [0.5, 0.6) is 0 Å². The predicted octanol–water partition coefficient (Wildman–Crippen LogP) is 1.44. The zero-order valence-electron chi connectivity index (χ0n) is 10.9. The van der Waals surface area contributed by atoms with Crippen LogP contribution in [0, 0.1) is 19.8 Å². The number of aliphatic carboxylic acids is 1. The first-order chi connectivity index (χ1) is 8.81. The zero-order chi connectivity index (χ0) is 14.2. The highest BCUT2D eigenvalue weighted by molar-refractivity contribution is 7.89. The van der Waals surface area contributed by atoms with E-state index in [0.717, 1.165) is 24.0 Å². The lowest BCUT2D eigenvalue weighted by atomic mass is 10.1. The number of benzene rings is 1. The van der Waals surface area contributed by atoms with Gasteiger partial charge in [0.05, 0.1) is 4.90 Å². The SMILES string of the molecule is Cc1ccc(S(=O)(=O)NC(C(=O)O)C2CC2)cc1C. The normalized spacial score (nSPS) is 17.2. The summed E-state index contributed by atoms with van der Waals surface area (Å²) in [5.41, 5.74) is 1.86. The van der Waals surface area contributed by atoms with E-state index in [0.29, 0.717) is 0 Å². The molecule has 0 bridgehead atoms. The summed E-state index contributed by atoms with van der Waals surface area (Å²) < 4.78 is 26.6. The van der Waals surface area contributed by atoms with Crippen molar-refractivity contribution in [2.75, 3.05) is 0 Å². The molecule has 1 aliphatic carbocycles. The van der Waals surface area contributed by atoms with Gasteiger partial charge < -0.3 is 5.11 Å². The van der Waals surface area contributed by atoms with E-state index in [2.05, 4.69) is 4.72 Å². The Morgan fingerprint density at radius 3 is 2.42 bits per heavy atom. The van der Waals surface area contributed by atoms with Crippen molar-refractivity contribution in [3.05, 3.63) is 29.3 Å². The van der Waals surface area contributed by atoms with Crippen LogP contribution < -0.4 is 4.72 Å². The van der Waals surface area contributed by atoms with E-state index >= 15 is 0 Å². The third kappa shape index (κ3) is 3.13. The van der Waals surface area contributed by atoms with Gasteiger partial charge in [0.1, 0.15) is 6.04 Å². The first kappa shape index (κ1) is 14.0. The maximum atomic E-state index is 12.2. The monoisotopic (exact) mass is 283 g/mol. The van der Waals surface area contributed by atoms with Crippen molar-refractivity contribution in [3.63, 3.8) is 0 Å². The third-order valence-corrected chi connectivity index (χ3v) is 4.87. The van der Waals surface area contributed by atoms with E-state index in [1.54, 1.807) is 12.1 Å². The maximum absolute atomic E-state index is 12.2. The van der Waals surface area contributed by atoms with Crippen molar-refractivity contribution < 1.29 is 18.3 Å². The van der Waals surface area contributed by atoms with E-state index in [1.807, 2.05) is 13.8 Å². The van der Waals surface area contributed by atoms with Gasteiger partial charge >= 0.3 is 5.97 Å². The number of carboxylic acid groups (broad SMARTS) is 1. The van der Waals surface area contributed by atoms with Crippen molar-refractivity contribution in [1.29, 1.82) is 0 Å². The van der Waals surface area contributed by atoms with Gasteiger partial charge in [-0.3, -0.25) is 4.79 Å². The van der Waals surface area contributed by atoms with Crippen LogP contribution in [0.25, 0.3) is 0 Å². The molecule has 1 aromatic carbocycles. The van der Waals surface area contributed by atoms with Gasteiger partial charge in [-0.25, -0.2) is 8.42 Å². The fraction of sp³-hybridized carbons (Fsp3) is 0.462. The first-order valence-corrected chi connectivity index (χ1v) is 7.62. The molecular formula is C13H17NO4S. The van der Waals surface area contributed by atoms with Crippen LogP contribution in [-0.4, -0.2) is 25.5 Å². The molecular weight excluding hydrogens is 266 g/mol. The Morgan fingerprint density at radius 2 is 1.95 bits per heavy atom. The summed E-state index contributed by atoms with van der Waals surface area (Å²) in [6, 6.07) is 3.75. The van der Waals surface area contributed by atoms with Crippen LogP contribution in [0.15, 0.2) is 23.1 Å². The lowest BCUT2D eigenvalue weighted by Gasteiger charge is -2.14. The van der Waals surface area contributed by atoms with Gasteiger partial charge in [0, 0.05) is 0 Å². The Labute approximate surface area is 112 Å². The molecule has 1 aromatic rings. The molecule has 0 radical (unpaired) electrons. The van der Waals surface area contributed by atoms with Gasteiger partial charge in [0.2, 0.25) is 10.0 Å². The van der Waals surface area contributed by atoms with Crippen molar-refractivity contribution in [1.82, 2.24) is 4.72 Å². The second-order valence-corrected chi connectivity index (χ2v) is 6.73. The third-order valence-electron chi connectivity index (χ3n) is 3.43. The molecule has 19 heavy (non-hydrogen) atoms. The van der Waals surface area contributed by atoms with Crippen LogP contribution in [-0.2, 0) is 14.8 Å². The smallest absolute Gasteiger partial charge is 0.322 e. The molecule has 1 unspecified atom stereocenters. The van der Waals surface area contributed by atoms with Crippen molar-refractivity contribution >= 4 is 16.0 Å². The van der Waals surface area contributed by atoms with Gasteiger partial charge in [-0.2, -0.15) is 4.72 Å². The Kier molecular flexibility index (Phi) is 3.64. The van der Waals surface area contributed by atoms with Crippen LogP contribution in [0.4, 0.5) is 0 Å². The predicted molar refractivity (Wildman–Crippen MR) is 70.4 cm³/mol. The summed E-state index contributed by atoms with van der Waals surface area (Å²) >= 11 is 0. The average Bonchev–Trinajstić information content (AvgIpc) is 3.13. The number of sulfonamides is 1. The van der Waals surface area contributed by atoms with Gasteiger partial charge in [0.25, 0.3) is 0 Å². The quantitative estimate of drug-likeness (QED) is 0.856. The summed E-state index contributed by atoms with van der Waals surface area (Å²) in [5, 5.41) is 9.07. The number of aryl methyl sites for hydroxylation is 2. The van der Waals surface area contributed by atoms with E-state index in [-0.39, 0.29) is 10.8 Å². The fourth-order valence-corrected chi connectivity index (χ4v) is 3.24. The minimum Gasteiger partial charge on any atom is -0.480 e. The molecule has 0 aromatic heterocycles. The largest absolute Gasteiger partial charge is 0.480 e. The fourth-order valence-electron chi connectivity index (χ4n) is 1.89. The Morgan fingerprint density at radius 1 is 1.32 bits per heavy atom. The summed E-state index contributed by atoms with van der Waals surface area (Å²) in [6.07, 6.45) is 1.51. The van der Waals surface area contributed by atoms with E-state index in [9.17, 15) is 13.2 Å². The van der Waals surface area contributed by atoms with Gasteiger partial charge in [-0.05, 0) is 55.9 Å². The molecule has 0 aliphatic heterocycles. The van der Waals surface area contributed by atoms with Crippen molar-refractivity contribution in [3.8, 4) is 0 Å². The van der Waals surface area contributed by atoms with Crippen molar-refractivity contribution in [2.45, 2.75) is 37.6 Å². The van der Waals surface area contributed by atoms with Crippen LogP contribution in [0.2, 0.25) is 0 Å². The lowest BCUT2D eigenvalue weighted by molar-refractivity contribution is -0.139. The Bertz CT molecular complexity index is 605. The molecule has 2 N–H and O–H groups in total. The minimum absolute atomic E-state index is 0.0844. The van der Waals surface area contributed by atoms with E-state index < -0.39 is 22.0 Å². The number of hydrogen-bond donors (Lipinski definition) is 2. The summed E-state index contributed by atoms with van der Waals surface area (Å²) in [7, 11) is -3.78. The highest BCUT2D eigenvalue weighted by atomic mass is 32.2. The van der Waals surface area contributed by atoms with E-state index in [4.69, 9.17) is 5.11 Å². The second-order valence-electron chi connectivity index (χ2n) is 5.02. The lowest BCUT2D eigenvalue weighted by Crippen LogP contribution is -2.42. The molecule has 0 amide bonds. The summed E-state index contributed by atoms with van der Waals surface area (Å²) in [5.74, 6) is -1.20. The minimum atomic E-state index is -3.78. The molecule has 0 spiro atoms. The number of carboxylic acids is 1. The van der Waals surface area contributed by atoms with Crippen molar-refractivity contribution in [2.24, 2.45) is 5.92 Å². The molecule has 1 fully saturated rings. The standard InChI is InChI=1S/C13H17NO4S/c1-8-3-6-11(7-9(8)2)19(17,18)14-12(13(15)16)10-4-5-10/h3,6-7,10,12,14H,4-5H2,1-2H3,(H,15,16). The number of hydrogen-bond acceptors (Lipinski definition) is 3. The molecule has 5 nitrogen and oxygen atoms in total. The number of nitrogens with one attached hydrogen (secondary N) is 1. The Balaban J connectivity index is 2.26. The molecule has 1 saturated carbocycles. The maximum Gasteiger partial charge on any atom is 0.322 e. The van der Waals surface area contributed by atoms with Crippen LogP contribution in [0.3, 0.4) is 0 Å². The number of rotatable bonds is 5. The van der Waals surface area contributed by atoms with Gasteiger partial charge in [-0.1, -0.05) is 6.07 Å². The summed E-state index contributed by atoms with van der Waals surface area (Å²) in [4.78, 5) is 11.2. The van der Waals surface area contributed by atoms with Crippen LogP contribution >= 0.6 is 0 Å². The molecule has 1 atom stereocenters. The topological polar surface area (TPSA) is 83.5 Å². The molecule has 0 saturated heterocycles. The van der Waals surface area contributed by atoms with Gasteiger partial charge in [-0.15, -0.1) is 0 Å². The van der Waals surface area contributed by atoms with Gasteiger partial charge in [0.15, 0.2) is 0 Å². The summed E-state index contributed by atoms with van der Waals surface area (Å²) in [6.45, 7) is 3.72. The zero-order valence-corrected chi connectivity index (χ0v) is 11.7. The number of carbonyl (C=O) groups is 1. The Hall–Kier alpha value is -1.40. The highest BCUT2D eigenvalue weighted by Gasteiger charge is 2.39. The first-order valence-electron chi connectivity index (χ1n) is 6.13. The molecule has 2 rings (SSSR count). The van der Waals surface area contributed by atoms with Crippen LogP contribution in [0.1, 0.15) is 24.0 Å². The molecule has 6 heteroatoms. The average molecular weight is 283 g/mol. The molecule has 1 aliphatic rings. The highest BCUT2D eigenvalue weighted by Crippen LogP contribution is 2.33. The van der Waals surface area contributed by atoms with E-state index in [1.165, 1.54) is 6.07 Å².